The number of para-hydroxylation sites is 1. The highest BCUT2D eigenvalue weighted by molar-refractivity contribution is 6.17. The quantitative estimate of drug-likeness (QED) is 0.877. The minimum atomic E-state index is -0.486. The fraction of sp³-hybridized carbons (Fsp3) is 0.385. The molecule has 1 amide bonds. The smallest absolute Gasteiger partial charge is 0.242 e. The highest BCUT2D eigenvalue weighted by atomic mass is 35.5. The molecule has 1 N–H and O–H groups in total. The van der Waals surface area contributed by atoms with Crippen LogP contribution in [0.4, 0.5) is 4.39 Å². The summed E-state index contributed by atoms with van der Waals surface area (Å²) in [6.45, 7) is 4.13. The second kappa shape index (κ2) is 5.57. The van der Waals surface area contributed by atoms with E-state index in [1.807, 2.05) is 6.92 Å². The van der Waals surface area contributed by atoms with Crippen molar-refractivity contribution in [2.75, 3.05) is 6.54 Å². The second-order valence-electron chi connectivity index (χ2n) is 4.21. The van der Waals surface area contributed by atoms with Gasteiger partial charge in [0.25, 0.3) is 0 Å². The summed E-state index contributed by atoms with van der Waals surface area (Å²) in [7, 11) is 0. The second-order valence-corrected chi connectivity index (χ2v) is 4.48. The lowest BCUT2D eigenvalue weighted by Crippen LogP contribution is -2.31. The van der Waals surface area contributed by atoms with Gasteiger partial charge in [-0.25, -0.2) is 9.37 Å². The van der Waals surface area contributed by atoms with E-state index in [-0.39, 0.29) is 17.3 Å². The van der Waals surface area contributed by atoms with Crippen LogP contribution in [0.2, 0.25) is 0 Å². The molecule has 6 heteroatoms. The summed E-state index contributed by atoms with van der Waals surface area (Å²) >= 11 is 5.84. The highest BCUT2D eigenvalue weighted by Crippen LogP contribution is 2.24. The molecule has 102 valence electrons. The molecule has 1 aromatic carbocycles. The number of halogens is 2. The maximum atomic E-state index is 13.7. The van der Waals surface area contributed by atoms with Gasteiger partial charge in [0.05, 0.1) is 11.4 Å². The van der Waals surface area contributed by atoms with Gasteiger partial charge in [-0.05, 0) is 26.0 Å². The molecule has 1 heterocycles. The predicted octanol–water partition coefficient (Wildman–Crippen LogP) is 2.61. The van der Waals surface area contributed by atoms with Crippen LogP contribution < -0.4 is 5.32 Å². The monoisotopic (exact) mass is 283 g/mol. The van der Waals surface area contributed by atoms with Crippen molar-refractivity contribution < 1.29 is 9.18 Å². The number of aromatic nitrogens is 2. The Morgan fingerprint density at radius 2 is 2.32 bits per heavy atom. The molecule has 0 saturated carbocycles. The molecule has 0 aliphatic heterocycles. The Morgan fingerprint density at radius 1 is 1.58 bits per heavy atom. The van der Waals surface area contributed by atoms with Crippen LogP contribution in [0.15, 0.2) is 18.2 Å². The number of benzene rings is 1. The first-order chi connectivity index (χ1) is 9.10. The molecule has 1 atom stereocenters. The normalized spacial score (nSPS) is 12.6. The molecule has 0 aliphatic carbocycles. The Kier molecular flexibility index (Phi) is 4.04. The zero-order valence-electron chi connectivity index (χ0n) is 10.8. The van der Waals surface area contributed by atoms with Crippen molar-refractivity contribution in [2.45, 2.75) is 25.8 Å². The summed E-state index contributed by atoms with van der Waals surface area (Å²) in [5.41, 5.74) is 0.823. The van der Waals surface area contributed by atoms with Crippen molar-refractivity contribution in [3.05, 3.63) is 29.8 Å². The number of hydrogen-bond donors (Lipinski definition) is 1. The van der Waals surface area contributed by atoms with Crippen LogP contribution >= 0.6 is 11.6 Å². The SMILES string of the molecule is CCNC(=O)C(C)n1c(CCl)nc2c(F)cccc21. The third-order valence-corrected chi connectivity index (χ3v) is 3.22. The van der Waals surface area contributed by atoms with Gasteiger partial charge >= 0.3 is 0 Å². The Hall–Kier alpha value is -1.62. The third kappa shape index (κ3) is 2.42. The number of alkyl halides is 1. The van der Waals surface area contributed by atoms with E-state index in [0.717, 1.165) is 0 Å². The van der Waals surface area contributed by atoms with Gasteiger partial charge < -0.3 is 9.88 Å². The molecule has 0 fully saturated rings. The van der Waals surface area contributed by atoms with Gasteiger partial charge in [0.1, 0.15) is 17.4 Å². The zero-order chi connectivity index (χ0) is 14.0. The van der Waals surface area contributed by atoms with Gasteiger partial charge in [-0.15, -0.1) is 11.6 Å². The predicted molar refractivity (Wildman–Crippen MR) is 72.6 cm³/mol. The van der Waals surface area contributed by atoms with E-state index < -0.39 is 11.9 Å². The van der Waals surface area contributed by atoms with E-state index in [4.69, 9.17) is 11.6 Å². The van der Waals surface area contributed by atoms with Gasteiger partial charge in [0.15, 0.2) is 5.82 Å². The van der Waals surface area contributed by atoms with E-state index in [1.165, 1.54) is 6.07 Å². The van der Waals surface area contributed by atoms with E-state index in [2.05, 4.69) is 10.3 Å². The van der Waals surface area contributed by atoms with Gasteiger partial charge in [0, 0.05) is 6.54 Å². The van der Waals surface area contributed by atoms with Crippen molar-refractivity contribution in [2.24, 2.45) is 0 Å². The van der Waals surface area contributed by atoms with Crippen LogP contribution in [-0.2, 0) is 10.7 Å². The number of carbonyl (C=O) groups is 1. The van der Waals surface area contributed by atoms with Crippen LogP contribution in [0.5, 0.6) is 0 Å². The maximum Gasteiger partial charge on any atom is 0.242 e. The van der Waals surface area contributed by atoms with Gasteiger partial charge in [-0.3, -0.25) is 4.79 Å². The standard InChI is InChI=1S/C13H15ClFN3O/c1-3-16-13(19)8(2)18-10-6-4-5-9(15)12(10)17-11(18)7-14/h4-6,8H,3,7H2,1-2H3,(H,16,19). The molecule has 0 saturated heterocycles. The van der Waals surface area contributed by atoms with E-state index in [0.29, 0.717) is 17.9 Å². The number of rotatable bonds is 4. The Balaban J connectivity index is 2.57. The van der Waals surface area contributed by atoms with Crippen LogP contribution in [-0.4, -0.2) is 22.0 Å². The Labute approximate surface area is 115 Å². The summed E-state index contributed by atoms with van der Waals surface area (Å²) in [5.74, 6) is 0.0568. The summed E-state index contributed by atoms with van der Waals surface area (Å²) < 4.78 is 15.4. The first-order valence-electron chi connectivity index (χ1n) is 6.09. The maximum absolute atomic E-state index is 13.7. The van der Waals surface area contributed by atoms with Crippen molar-refractivity contribution in [1.29, 1.82) is 0 Å². The average Bonchev–Trinajstić information content (AvgIpc) is 2.78. The molecule has 2 rings (SSSR count). The molecule has 1 unspecified atom stereocenters. The van der Waals surface area contributed by atoms with E-state index in [1.54, 1.807) is 23.6 Å². The van der Waals surface area contributed by atoms with Gasteiger partial charge in [0.2, 0.25) is 5.91 Å². The molecule has 1 aromatic heterocycles. The molecule has 4 nitrogen and oxygen atoms in total. The number of imidazole rings is 1. The van der Waals surface area contributed by atoms with E-state index in [9.17, 15) is 9.18 Å². The van der Waals surface area contributed by atoms with Crippen LogP contribution in [0.1, 0.15) is 25.7 Å². The topological polar surface area (TPSA) is 46.9 Å². The lowest BCUT2D eigenvalue weighted by atomic mass is 10.2. The molecule has 0 bridgehead atoms. The lowest BCUT2D eigenvalue weighted by Gasteiger charge is -2.16. The molecule has 0 spiro atoms. The molecule has 0 aliphatic rings. The van der Waals surface area contributed by atoms with Gasteiger partial charge in [-0.2, -0.15) is 0 Å². The fourth-order valence-electron chi connectivity index (χ4n) is 2.10. The minimum Gasteiger partial charge on any atom is -0.355 e. The highest BCUT2D eigenvalue weighted by Gasteiger charge is 2.21. The first-order valence-corrected chi connectivity index (χ1v) is 6.62. The average molecular weight is 284 g/mol. The minimum absolute atomic E-state index is 0.123. The zero-order valence-corrected chi connectivity index (χ0v) is 11.5. The number of amides is 1. The van der Waals surface area contributed by atoms with Crippen LogP contribution in [0, 0.1) is 5.82 Å². The largest absolute Gasteiger partial charge is 0.355 e. The fourth-order valence-corrected chi connectivity index (χ4v) is 2.29. The van der Waals surface area contributed by atoms with Crippen molar-refractivity contribution in [1.82, 2.24) is 14.9 Å². The number of carbonyl (C=O) groups excluding carboxylic acids is 1. The molecular weight excluding hydrogens is 269 g/mol. The first kappa shape index (κ1) is 13.8. The third-order valence-electron chi connectivity index (χ3n) is 2.98. The number of nitrogens with one attached hydrogen (secondary N) is 1. The Morgan fingerprint density at radius 3 is 2.95 bits per heavy atom. The van der Waals surface area contributed by atoms with Crippen LogP contribution in [0.25, 0.3) is 11.0 Å². The summed E-state index contributed by atoms with van der Waals surface area (Å²) in [4.78, 5) is 16.1. The van der Waals surface area contributed by atoms with Crippen molar-refractivity contribution in [3.8, 4) is 0 Å². The number of hydrogen-bond acceptors (Lipinski definition) is 2. The summed E-state index contributed by atoms with van der Waals surface area (Å²) in [5, 5.41) is 2.74. The Bertz CT molecular complexity index is 611. The number of likely N-dealkylation sites (N-methyl/N-ethyl adjacent to an activating group) is 1. The molecule has 2 aromatic rings. The summed E-state index contributed by atoms with van der Waals surface area (Å²) in [6.07, 6.45) is 0. The lowest BCUT2D eigenvalue weighted by molar-refractivity contribution is -0.123. The number of fused-ring (bicyclic) bond motifs is 1. The van der Waals surface area contributed by atoms with Crippen molar-refractivity contribution in [3.63, 3.8) is 0 Å². The van der Waals surface area contributed by atoms with E-state index >= 15 is 0 Å². The van der Waals surface area contributed by atoms with Crippen molar-refractivity contribution >= 4 is 28.5 Å². The summed E-state index contributed by atoms with van der Waals surface area (Å²) in [6, 6.07) is 4.18. The number of nitrogens with zero attached hydrogens (tertiary/aromatic N) is 2. The molecule has 19 heavy (non-hydrogen) atoms. The molecule has 0 radical (unpaired) electrons. The molecular formula is C13H15ClFN3O. The van der Waals surface area contributed by atoms with Crippen LogP contribution in [0.3, 0.4) is 0 Å². The van der Waals surface area contributed by atoms with Gasteiger partial charge in [-0.1, -0.05) is 6.07 Å².